The van der Waals surface area contributed by atoms with Crippen molar-refractivity contribution < 1.29 is 18.8 Å². The van der Waals surface area contributed by atoms with E-state index in [4.69, 9.17) is 4.84 Å². The van der Waals surface area contributed by atoms with E-state index in [0.717, 1.165) is 71.5 Å². The number of anilines is 1. The monoisotopic (exact) mass is 624 g/mol. The molecule has 41 heavy (non-hydrogen) atoms. The second kappa shape index (κ2) is 12.9. The molecule has 4 heterocycles. The average molecular weight is 626 g/mol. The van der Waals surface area contributed by atoms with Crippen LogP contribution in [-0.2, 0) is 21.0 Å². The summed E-state index contributed by atoms with van der Waals surface area (Å²) in [6.45, 7) is 7.47. The fraction of sp³-hybridized carbons (Fsp3) is 0.400. The fourth-order valence-electron chi connectivity index (χ4n) is 5.39. The number of carbonyl (C=O) groups excluding carboxylic acids is 2. The number of allylic oxidation sites excluding steroid dienone is 1. The van der Waals surface area contributed by atoms with E-state index in [1.807, 2.05) is 26.0 Å². The van der Waals surface area contributed by atoms with Gasteiger partial charge in [0, 0.05) is 60.0 Å². The van der Waals surface area contributed by atoms with Crippen molar-refractivity contribution in [3.05, 3.63) is 80.9 Å². The van der Waals surface area contributed by atoms with E-state index < -0.39 is 5.92 Å². The maximum Gasteiger partial charge on any atom is 0.249 e. The highest BCUT2D eigenvalue weighted by atomic mass is 79.9. The zero-order valence-electron chi connectivity index (χ0n) is 23.2. The number of likely N-dealkylation sites (tertiary alicyclic amines) is 1. The molecule has 3 N–H and O–H groups in total. The van der Waals surface area contributed by atoms with Gasteiger partial charge in [0.25, 0.3) is 0 Å². The first-order chi connectivity index (χ1) is 19.8. The molecule has 0 saturated carbocycles. The zero-order chi connectivity index (χ0) is 28.9. The number of halogens is 2. The molecular weight excluding hydrogens is 591 g/mol. The van der Waals surface area contributed by atoms with E-state index in [1.54, 1.807) is 18.3 Å². The van der Waals surface area contributed by atoms with Gasteiger partial charge >= 0.3 is 0 Å². The number of oxime groups is 1. The molecule has 0 radical (unpaired) electrons. The Kier molecular flexibility index (Phi) is 9.14. The lowest BCUT2D eigenvalue weighted by Crippen LogP contribution is -2.37. The summed E-state index contributed by atoms with van der Waals surface area (Å²) in [4.78, 5) is 37.8. The molecule has 1 aromatic carbocycles. The van der Waals surface area contributed by atoms with Crippen LogP contribution >= 0.6 is 15.9 Å². The van der Waals surface area contributed by atoms with Gasteiger partial charge in [-0.2, -0.15) is 0 Å². The molecule has 1 aromatic heterocycles. The molecule has 2 amide bonds. The summed E-state index contributed by atoms with van der Waals surface area (Å²) < 4.78 is 13.8. The van der Waals surface area contributed by atoms with E-state index in [-0.39, 0.29) is 23.7 Å². The number of hydrogen-bond acceptors (Lipinski definition) is 7. The second-order valence-corrected chi connectivity index (χ2v) is 11.5. The Morgan fingerprint density at radius 3 is 2.80 bits per heavy atom. The number of nitrogens with zero attached hydrogens (tertiary/aromatic N) is 3. The van der Waals surface area contributed by atoms with E-state index in [9.17, 15) is 14.0 Å². The molecule has 0 aliphatic carbocycles. The van der Waals surface area contributed by atoms with E-state index in [1.165, 1.54) is 12.1 Å². The van der Waals surface area contributed by atoms with Crippen molar-refractivity contribution >= 4 is 39.3 Å². The third-order valence-corrected chi connectivity index (χ3v) is 8.08. The first-order valence-electron chi connectivity index (χ1n) is 13.9. The van der Waals surface area contributed by atoms with Crippen LogP contribution in [0.1, 0.15) is 50.2 Å². The van der Waals surface area contributed by atoms with Crippen LogP contribution in [0.3, 0.4) is 0 Å². The molecular formula is C30H34BrFN6O3. The summed E-state index contributed by atoms with van der Waals surface area (Å²) in [5.74, 6) is -0.387. The molecule has 2 unspecified atom stereocenters. The van der Waals surface area contributed by atoms with Gasteiger partial charge in [-0.25, -0.2) is 9.37 Å². The summed E-state index contributed by atoms with van der Waals surface area (Å²) in [5.41, 5.74) is 5.07. The Labute approximate surface area is 247 Å². The van der Waals surface area contributed by atoms with Gasteiger partial charge in [-0.1, -0.05) is 17.3 Å². The molecule has 9 nitrogen and oxygen atoms in total. The van der Waals surface area contributed by atoms with E-state index in [2.05, 4.69) is 46.9 Å². The first-order valence-corrected chi connectivity index (χ1v) is 14.7. The number of fused-ring (bicyclic) bond motifs is 1. The summed E-state index contributed by atoms with van der Waals surface area (Å²) >= 11 is 3.43. The molecule has 2 aromatic rings. The summed E-state index contributed by atoms with van der Waals surface area (Å²) in [6.07, 6.45) is 6.07. The predicted octanol–water partition coefficient (Wildman–Crippen LogP) is 4.39. The number of pyridine rings is 1. The zero-order valence-corrected chi connectivity index (χ0v) is 24.8. The van der Waals surface area contributed by atoms with Crippen molar-refractivity contribution in [3.8, 4) is 0 Å². The van der Waals surface area contributed by atoms with Gasteiger partial charge in [0.2, 0.25) is 11.8 Å². The number of piperidine rings is 1. The SMILES string of the molecule is CC1=C(C(=O)NCCCN2CCC(=NOCc3ccc(F)cc3)CC2)C(C)N/C1=C\C1C(=O)Nc2ncc(Br)cc21. The van der Waals surface area contributed by atoms with Gasteiger partial charge in [0.05, 0.1) is 17.7 Å². The molecule has 1 saturated heterocycles. The maximum atomic E-state index is 13.1. The van der Waals surface area contributed by atoms with Gasteiger partial charge in [0.15, 0.2) is 0 Å². The smallest absolute Gasteiger partial charge is 0.249 e. The van der Waals surface area contributed by atoms with Crippen LogP contribution < -0.4 is 16.0 Å². The second-order valence-electron chi connectivity index (χ2n) is 10.6. The Morgan fingerprint density at radius 2 is 2.05 bits per heavy atom. The van der Waals surface area contributed by atoms with Crippen LogP contribution in [0.25, 0.3) is 0 Å². The number of nitrogens with one attached hydrogen (secondary N) is 3. The van der Waals surface area contributed by atoms with Gasteiger partial charge in [-0.3, -0.25) is 9.59 Å². The number of benzene rings is 1. The van der Waals surface area contributed by atoms with Crippen LogP contribution in [0.4, 0.5) is 10.2 Å². The van der Waals surface area contributed by atoms with Crippen LogP contribution in [0.2, 0.25) is 0 Å². The van der Waals surface area contributed by atoms with Crippen molar-refractivity contribution in [2.45, 2.75) is 51.7 Å². The number of aromatic nitrogens is 1. The van der Waals surface area contributed by atoms with Gasteiger partial charge < -0.3 is 25.7 Å². The summed E-state index contributed by atoms with van der Waals surface area (Å²) in [5, 5.41) is 13.5. The third kappa shape index (κ3) is 7.02. The van der Waals surface area contributed by atoms with Crippen molar-refractivity contribution in [1.29, 1.82) is 0 Å². The van der Waals surface area contributed by atoms with E-state index >= 15 is 0 Å². The molecule has 11 heteroatoms. The Morgan fingerprint density at radius 1 is 1.29 bits per heavy atom. The van der Waals surface area contributed by atoms with E-state index in [0.29, 0.717) is 24.5 Å². The number of rotatable bonds is 9. The molecule has 2 atom stereocenters. The number of amides is 2. The van der Waals surface area contributed by atoms with Crippen molar-refractivity contribution in [3.63, 3.8) is 0 Å². The Hall–Kier alpha value is -3.57. The molecule has 3 aliphatic heterocycles. The minimum Gasteiger partial charge on any atom is -0.391 e. The minimum atomic E-state index is -0.474. The third-order valence-electron chi connectivity index (χ3n) is 7.64. The largest absolute Gasteiger partial charge is 0.391 e. The lowest BCUT2D eigenvalue weighted by atomic mass is 9.99. The first kappa shape index (κ1) is 28.9. The highest BCUT2D eigenvalue weighted by Crippen LogP contribution is 2.36. The van der Waals surface area contributed by atoms with Crippen LogP contribution in [0.15, 0.2) is 69.1 Å². The predicted molar refractivity (Wildman–Crippen MR) is 159 cm³/mol. The standard InChI is InChI=1S/C30H34BrFN6O3/c1-18-26(15-25-24-14-21(31)16-34-28(24)36-29(25)39)35-19(2)27(18)30(40)33-10-3-11-38-12-8-23(9-13-38)37-41-17-20-4-6-22(32)7-5-20/h4-7,14-16,19,25,35H,3,8-13,17H2,1-2H3,(H,33,40)(H,34,36,39)/b26-15-. The lowest BCUT2D eigenvalue weighted by molar-refractivity contribution is -0.118. The highest BCUT2D eigenvalue weighted by molar-refractivity contribution is 9.10. The molecule has 216 valence electrons. The van der Waals surface area contributed by atoms with Crippen molar-refractivity contribution in [2.24, 2.45) is 5.16 Å². The van der Waals surface area contributed by atoms with Crippen LogP contribution in [-0.4, -0.2) is 59.6 Å². The molecule has 0 spiro atoms. The summed E-state index contributed by atoms with van der Waals surface area (Å²) in [6, 6.07) is 7.96. The molecule has 1 fully saturated rings. The fourth-order valence-corrected chi connectivity index (χ4v) is 5.74. The lowest BCUT2D eigenvalue weighted by Gasteiger charge is -2.27. The minimum absolute atomic E-state index is 0.0852. The van der Waals surface area contributed by atoms with Crippen LogP contribution in [0.5, 0.6) is 0 Å². The number of hydrogen-bond donors (Lipinski definition) is 3. The van der Waals surface area contributed by atoms with Crippen LogP contribution in [0, 0.1) is 5.82 Å². The quantitative estimate of drug-likeness (QED) is 0.282. The van der Waals surface area contributed by atoms with Gasteiger partial charge in [-0.15, -0.1) is 0 Å². The maximum absolute atomic E-state index is 13.1. The Bertz CT molecular complexity index is 1400. The van der Waals surface area contributed by atoms with Crippen molar-refractivity contribution in [2.75, 3.05) is 31.5 Å². The Balaban J connectivity index is 1.06. The van der Waals surface area contributed by atoms with Gasteiger partial charge in [-0.05, 0) is 78.2 Å². The van der Waals surface area contributed by atoms with Crippen molar-refractivity contribution in [1.82, 2.24) is 20.5 Å². The molecule has 5 rings (SSSR count). The molecule has 3 aliphatic rings. The normalized spacial score (nSPS) is 21.5. The average Bonchev–Trinajstić information content (AvgIpc) is 3.42. The molecule has 0 bridgehead atoms. The highest BCUT2D eigenvalue weighted by Gasteiger charge is 2.34. The van der Waals surface area contributed by atoms with Gasteiger partial charge in [0.1, 0.15) is 18.2 Å². The number of carbonyl (C=O) groups is 2. The topological polar surface area (TPSA) is 108 Å². The summed E-state index contributed by atoms with van der Waals surface area (Å²) in [7, 11) is 0.